The Morgan fingerprint density at radius 2 is 1.54 bits per heavy atom. The van der Waals surface area contributed by atoms with Gasteiger partial charge < -0.3 is 4.42 Å². The maximum Gasteiger partial charge on any atom is 0.161 e. The molecule has 3 aromatic carbocycles. The molecule has 0 amide bonds. The number of furan rings is 1. The van der Waals surface area contributed by atoms with Gasteiger partial charge in [-0.25, -0.2) is 4.98 Å². The molecule has 0 spiro atoms. The number of aryl methyl sites for hydroxylation is 2. The molecule has 0 bridgehead atoms. The molecule has 7 rings (SSSR count). The molecule has 0 fully saturated rings. The molecule has 0 aliphatic carbocycles. The van der Waals surface area contributed by atoms with E-state index in [1.165, 1.54) is 5.39 Å². The van der Waals surface area contributed by atoms with Gasteiger partial charge in [0.25, 0.3) is 0 Å². The van der Waals surface area contributed by atoms with Crippen LogP contribution in [-0.2, 0) is 0 Å². The van der Waals surface area contributed by atoms with E-state index >= 15 is 0 Å². The van der Waals surface area contributed by atoms with E-state index in [0.717, 1.165) is 71.9 Å². The summed E-state index contributed by atoms with van der Waals surface area (Å²) in [4.78, 5) is 13.8. The van der Waals surface area contributed by atoms with E-state index in [-0.39, 0.29) is 0 Å². The smallest absolute Gasteiger partial charge is 0.161 e. The second kappa shape index (κ2) is 7.47. The predicted octanol–water partition coefficient (Wildman–Crippen LogP) is 8.03. The second-order valence-electron chi connectivity index (χ2n) is 9.07. The first-order valence-electron chi connectivity index (χ1n) is 11.7. The first-order chi connectivity index (χ1) is 17.2. The lowest BCUT2D eigenvalue weighted by Gasteiger charge is -2.10. The summed E-state index contributed by atoms with van der Waals surface area (Å²) in [6.45, 7) is 4.11. The van der Waals surface area contributed by atoms with Crippen LogP contribution in [0.25, 0.3) is 66.0 Å². The van der Waals surface area contributed by atoms with Crippen molar-refractivity contribution in [2.24, 2.45) is 0 Å². The number of hydrogen-bond donors (Lipinski definition) is 0. The van der Waals surface area contributed by atoms with Crippen molar-refractivity contribution >= 4 is 43.6 Å². The zero-order chi connectivity index (χ0) is 23.5. The van der Waals surface area contributed by atoms with Crippen LogP contribution in [0.3, 0.4) is 0 Å². The van der Waals surface area contributed by atoms with Crippen LogP contribution in [0.2, 0.25) is 0 Å². The third-order valence-electron chi connectivity index (χ3n) is 6.79. The van der Waals surface area contributed by atoms with E-state index in [1.54, 1.807) is 0 Å². The molecule has 0 unspecified atom stereocenters. The summed E-state index contributed by atoms with van der Waals surface area (Å²) in [6.07, 6.45) is 5.68. The molecule has 4 nitrogen and oxygen atoms in total. The Kier molecular flexibility index (Phi) is 4.24. The van der Waals surface area contributed by atoms with E-state index in [0.29, 0.717) is 0 Å². The number of pyridine rings is 3. The third-order valence-corrected chi connectivity index (χ3v) is 6.79. The van der Waals surface area contributed by atoms with Gasteiger partial charge in [-0.3, -0.25) is 9.97 Å². The van der Waals surface area contributed by atoms with Gasteiger partial charge in [0.05, 0.1) is 5.69 Å². The highest BCUT2D eigenvalue weighted by Crippen LogP contribution is 2.39. The average molecular weight is 452 g/mol. The maximum absolute atomic E-state index is 6.53. The molecular formula is C31H21N3O. The minimum Gasteiger partial charge on any atom is -0.453 e. The predicted molar refractivity (Wildman–Crippen MR) is 142 cm³/mol. The zero-order valence-electron chi connectivity index (χ0n) is 19.4. The minimum atomic E-state index is 0.823. The Bertz CT molecular complexity index is 1930. The molecule has 0 atom stereocenters. The van der Waals surface area contributed by atoms with E-state index in [1.807, 2.05) is 37.6 Å². The monoisotopic (exact) mass is 451 g/mol. The summed E-state index contributed by atoms with van der Waals surface area (Å²) < 4.78 is 6.53. The Balaban J connectivity index is 1.45. The molecule has 0 saturated heterocycles. The van der Waals surface area contributed by atoms with Gasteiger partial charge in [0.1, 0.15) is 11.1 Å². The zero-order valence-corrected chi connectivity index (χ0v) is 19.4. The number of fused-ring (bicyclic) bond motifs is 6. The number of benzene rings is 3. The molecule has 0 saturated carbocycles. The van der Waals surface area contributed by atoms with E-state index < -0.39 is 0 Å². The largest absolute Gasteiger partial charge is 0.453 e. The van der Waals surface area contributed by atoms with Gasteiger partial charge in [0.15, 0.2) is 5.58 Å². The lowest BCUT2D eigenvalue weighted by molar-refractivity contribution is 0.672. The van der Waals surface area contributed by atoms with E-state index in [4.69, 9.17) is 14.4 Å². The van der Waals surface area contributed by atoms with Crippen molar-refractivity contribution in [3.05, 3.63) is 103 Å². The highest BCUT2D eigenvalue weighted by Gasteiger charge is 2.16. The lowest BCUT2D eigenvalue weighted by Crippen LogP contribution is -1.90. The average Bonchev–Trinajstić information content (AvgIpc) is 3.28. The van der Waals surface area contributed by atoms with Crippen molar-refractivity contribution in [3.8, 4) is 22.4 Å². The van der Waals surface area contributed by atoms with Crippen molar-refractivity contribution in [1.82, 2.24) is 15.0 Å². The first kappa shape index (κ1) is 19.9. The number of rotatable bonds is 2. The molecule has 0 aliphatic heterocycles. The molecule has 0 N–H and O–H groups in total. The Morgan fingerprint density at radius 1 is 0.686 bits per heavy atom. The van der Waals surface area contributed by atoms with Crippen molar-refractivity contribution in [3.63, 3.8) is 0 Å². The van der Waals surface area contributed by atoms with Gasteiger partial charge in [-0.15, -0.1) is 0 Å². The highest BCUT2D eigenvalue weighted by atomic mass is 16.3. The van der Waals surface area contributed by atoms with Crippen molar-refractivity contribution in [1.29, 1.82) is 0 Å². The molecule has 0 radical (unpaired) electrons. The number of hydrogen-bond acceptors (Lipinski definition) is 4. The van der Waals surface area contributed by atoms with Gasteiger partial charge in [-0.2, -0.15) is 0 Å². The SMILES string of the molecule is Cc1ccc2ccc3c4cccc(-c5cc(-c6ccc7cnccc7c6)c(C)cn5)c4oc3c2n1. The van der Waals surface area contributed by atoms with Gasteiger partial charge in [-0.05, 0) is 72.3 Å². The summed E-state index contributed by atoms with van der Waals surface area (Å²) >= 11 is 0. The third kappa shape index (κ3) is 3.11. The number of para-hydroxylation sites is 1. The lowest BCUT2D eigenvalue weighted by atomic mass is 9.97. The Morgan fingerprint density at radius 3 is 2.49 bits per heavy atom. The molecule has 0 aliphatic rings. The standard InChI is InChI=1S/C31H21N3O/c1-18-16-33-28(15-27(18)22-8-9-23-17-32-13-12-21(23)14-22)26-5-3-4-24-25-11-10-20-7-6-19(2)34-29(20)31(25)35-30(24)26/h3-17H,1-2H3. The number of nitrogens with zero attached hydrogens (tertiary/aromatic N) is 3. The maximum atomic E-state index is 6.53. The van der Waals surface area contributed by atoms with Gasteiger partial charge in [0.2, 0.25) is 0 Å². The quantitative estimate of drug-likeness (QED) is 0.267. The molecule has 35 heavy (non-hydrogen) atoms. The molecule has 4 heteroatoms. The topological polar surface area (TPSA) is 51.8 Å². The molecule has 4 heterocycles. The van der Waals surface area contributed by atoms with Gasteiger partial charge in [0, 0.05) is 51.4 Å². The Labute approximate surface area is 201 Å². The van der Waals surface area contributed by atoms with Crippen molar-refractivity contribution in [2.45, 2.75) is 13.8 Å². The van der Waals surface area contributed by atoms with Crippen LogP contribution in [0.1, 0.15) is 11.3 Å². The van der Waals surface area contributed by atoms with Gasteiger partial charge in [-0.1, -0.05) is 36.4 Å². The molecule has 166 valence electrons. The summed E-state index contributed by atoms with van der Waals surface area (Å²) in [6, 6.07) is 25.3. The van der Waals surface area contributed by atoms with E-state index in [2.05, 4.69) is 72.6 Å². The molecule has 4 aromatic heterocycles. The Hall–Kier alpha value is -4.57. The minimum absolute atomic E-state index is 0.823. The molecule has 7 aromatic rings. The van der Waals surface area contributed by atoms with E-state index in [9.17, 15) is 0 Å². The van der Waals surface area contributed by atoms with Crippen molar-refractivity contribution in [2.75, 3.05) is 0 Å². The van der Waals surface area contributed by atoms with Crippen molar-refractivity contribution < 1.29 is 4.42 Å². The summed E-state index contributed by atoms with van der Waals surface area (Å²) in [5.41, 5.74) is 8.84. The summed E-state index contributed by atoms with van der Waals surface area (Å²) in [7, 11) is 0. The fourth-order valence-electron chi connectivity index (χ4n) is 4.97. The molecular weight excluding hydrogens is 430 g/mol. The van der Waals surface area contributed by atoms with Crippen LogP contribution < -0.4 is 0 Å². The fourth-order valence-corrected chi connectivity index (χ4v) is 4.97. The summed E-state index contributed by atoms with van der Waals surface area (Å²) in [5.74, 6) is 0. The van der Waals surface area contributed by atoms with Gasteiger partial charge >= 0.3 is 0 Å². The normalized spacial score (nSPS) is 11.7. The second-order valence-corrected chi connectivity index (χ2v) is 9.07. The van der Waals surface area contributed by atoms with Crippen LogP contribution in [0.4, 0.5) is 0 Å². The fraction of sp³-hybridized carbons (Fsp3) is 0.0645. The number of aromatic nitrogens is 3. The van der Waals surface area contributed by atoms with Crippen LogP contribution in [0.15, 0.2) is 95.8 Å². The highest BCUT2D eigenvalue weighted by molar-refractivity contribution is 6.16. The van der Waals surface area contributed by atoms with Crippen LogP contribution in [-0.4, -0.2) is 15.0 Å². The van der Waals surface area contributed by atoms with Crippen LogP contribution >= 0.6 is 0 Å². The summed E-state index contributed by atoms with van der Waals surface area (Å²) in [5, 5.41) is 5.52. The van der Waals surface area contributed by atoms with Crippen LogP contribution in [0, 0.1) is 13.8 Å². The first-order valence-corrected chi connectivity index (χ1v) is 11.7. The van der Waals surface area contributed by atoms with Crippen LogP contribution in [0.5, 0.6) is 0 Å².